The van der Waals surface area contributed by atoms with Crippen molar-refractivity contribution in [3.63, 3.8) is 0 Å². The summed E-state index contributed by atoms with van der Waals surface area (Å²) in [5, 5.41) is 0. The highest BCUT2D eigenvalue weighted by Gasteiger charge is 2.35. The molecule has 1 aliphatic carbocycles. The molecule has 0 radical (unpaired) electrons. The van der Waals surface area contributed by atoms with Gasteiger partial charge >= 0.3 is 6.18 Å². The average molecular weight is 429 g/mol. The minimum Gasteiger partial charge on any atom is -0.255 e. The van der Waals surface area contributed by atoms with Gasteiger partial charge in [0.15, 0.2) is 9.84 Å². The number of aromatic nitrogens is 1. The van der Waals surface area contributed by atoms with Crippen LogP contribution in [0, 0.1) is 5.41 Å². The Bertz CT molecular complexity index is 1070. The van der Waals surface area contributed by atoms with Gasteiger partial charge in [-0.15, -0.1) is 0 Å². The first-order valence-electron chi connectivity index (χ1n) is 8.41. The predicted octanol–water partition coefficient (Wildman–Crippen LogP) is 4.91. The minimum atomic E-state index is -4.51. The topological polar surface area (TPSA) is 47.0 Å². The van der Waals surface area contributed by atoms with Gasteiger partial charge in [-0.05, 0) is 35.4 Å². The highest BCUT2D eigenvalue weighted by Crippen LogP contribution is 2.44. The summed E-state index contributed by atoms with van der Waals surface area (Å²) in [6.45, 7) is -2.09. The molecule has 2 aromatic rings. The molecule has 0 saturated carbocycles. The Kier molecular flexibility index (Phi) is 5.38. The minimum absolute atomic E-state index is 0.0258. The lowest BCUT2D eigenvalue weighted by Gasteiger charge is -2.15. The summed E-state index contributed by atoms with van der Waals surface area (Å²) in [6.07, 6.45) is 0.301. The van der Waals surface area contributed by atoms with E-state index in [0.29, 0.717) is 16.7 Å². The van der Waals surface area contributed by atoms with Crippen LogP contribution in [-0.2, 0) is 16.0 Å². The average Bonchev–Trinajstić information content (AvgIpc) is 3.07. The summed E-state index contributed by atoms with van der Waals surface area (Å²) in [5.74, 6) is 0. The molecule has 3 rings (SSSR count). The van der Waals surface area contributed by atoms with Crippen LogP contribution in [0.4, 0.5) is 22.0 Å². The van der Waals surface area contributed by atoms with Crippen molar-refractivity contribution < 1.29 is 30.4 Å². The van der Waals surface area contributed by atoms with Crippen molar-refractivity contribution in [2.45, 2.75) is 11.1 Å². The molecule has 0 aliphatic heterocycles. The Hall–Kier alpha value is -2.55. The zero-order valence-electron chi connectivity index (χ0n) is 15.2. The molecule has 29 heavy (non-hydrogen) atoms. The SMILES string of the molecule is CS(=O)(=O)c1ccc(C2=CC(CF)(CF)C=C2c2ccc(C(F)(F)F)cc2)nc1. The van der Waals surface area contributed by atoms with Crippen LogP contribution in [0.2, 0.25) is 0 Å². The number of rotatable bonds is 5. The number of allylic oxidation sites excluding steroid dienone is 4. The number of alkyl halides is 5. The number of nitrogens with zero attached hydrogens (tertiary/aromatic N) is 1. The lowest BCUT2D eigenvalue weighted by atomic mass is 9.93. The van der Waals surface area contributed by atoms with Gasteiger partial charge in [-0.1, -0.05) is 24.3 Å². The van der Waals surface area contributed by atoms with Crippen LogP contribution in [-0.4, -0.2) is 33.0 Å². The number of pyridine rings is 1. The monoisotopic (exact) mass is 429 g/mol. The van der Waals surface area contributed by atoms with E-state index in [-0.39, 0.29) is 10.6 Å². The summed E-state index contributed by atoms with van der Waals surface area (Å²) in [4.78, 5) is 4.05. The maximum atomic E-state index is 13.6. The molecular weight excluding hydrogens is 413 g/mol. The van der Waals surface area contributed by atoms with E-state index in [2.05, 4.69) is 4.98 Å². The van der Waals surface area contributed by atoms with Crippen molar-refractivity contribution in [3.05, 3.63) is 71.6 Å². The van der Waals surface area contributed by atoms with E-state index in [4.69, 9.17) is 0 Å². The Morgan fingerprint density at radius 2 is 1.52 bits per heavy atom. The molecule has 0 spiro atoms. The predicted molar refractivity (Wildman–Crippen MR) is 99.1 cm³/mol. The Morgan fingerprint density at radius 1 is 0.931 bits per heavy atom. The highest BCUT2D eigenvalue weighted by molar-refractivity contribution is 7.90. The van der Waals surface area contributed by atoms with E-state index in [1.165, 1.54) is 36.4 Å². The second-order valence-corrected chi connectivity index (χ2v) is 8.86. The van der Waals surface area contributed by atoms with Gasteiger partial charge in [0.1, 0.15) is 13.3 Å². The van der Waals surface area contributed by atoms with Crippen LogP contribution in [0.3, 0.4) is 0 Å². The van der Waals surface area contributed by atoms with Crippen LogP contribution in [0.15, 0.2) is 59.6 Å². The van der Waals surface area contributed by atoms with E-state index in [9.17, 15) is 30.4 Å². The molecule has 0 N–H and O–H groups in total. The second kappa shape index (κ2) is 7.37. The van der Waals surface area contributed by atoms with Crippen LogP contribution in [0.25, 0.3) is 11.1 Å². The summed E-state index contributed by atoms with van der Waals surface area (Å²) in [6, 6.07) is 6.93. The first-order valence-corrected chi connectivity index (χ1v) is 10.3. The van der Waals surface area contributed by atoms with Gasteiger partial charge in [0.25, 0.3) is 0 Å². The van der Waals surface area contributed by atoms with Gasteiger partial charge in [0.05, 0.1) is 21.6 Å². The summed E-state index contributed by atoms with van der Waals surface area (Å²) < 4.78 is 88.9. The van der Waals surface area contributed by atoms with Gasteiger partial charge < -0.3 is 0 Å². The summed E-state index contributed by atoms with van der Waals surface area (Å²) >= 11 is 0. The zero-order valence-corrected chi connectivity index (χ0v) is 16.0. The van der Waals surface area contributed by atoms with Gasteiger partial charge in [-0.25, -0.2) is 17.2 Å². The van der Waals surface area contributed by atoms with Crippen LogP contribution in [0.1, 0.15) is 16.8 Å². The number of hydrogen-bond donors (Lipinski definition) is 0. The third-order valence-electron chi connectivity index (χ3n) is 4.62. The molecule has 3 nitrogen and oxygen atoms in total. The van der Waals surface area contributed by atoms with Gasteiger partial charge in [-0.3, -0.25) is 4.98 Å². The molecule has 1 heterocycles. The molecule has 9 heteroatoms. The third-order valence-corrected chi connectivity index (χ3v) is 5.71. The van der Waals surface area contributed by atoms with Crippen molar-refractivity contribution in [2.75, 3.05) is 19.6 Å². The fourth-order valence-electron chi connectivity index (χ4n) is 3.01. The summed E-state index contributed by atoms with van der Waals surface area (Å²) in [5.41, 5.74) is -1.16. The Balaban J connectivity index is 2.08. The fraction of sp³-hybridized carbons (Fsp3) is 0.250. The molecule has 0 saturated heterocycles. The van der Waals surface area contributed by atoms with Crippen molar-refractivity contribution in [1.29, 1.82) is 0 Å². The van der Waals surface area contributed by atoms with Gasteiger partial charge in [0, 0.05) is 18.0 Å². The van der Waals surface area contributed by atoms with E-state index in [1.807, 2.05) is 0 Å². The number of halogens is 5. The Labute approximate surface area is 164 Å². The van der Waals surface area contributed by atoms with E-state index < -0.39 is 40.3 Å². The van der Waals surface area contributed by atoms with Crippen molar-refractivity contribution in [3.8, 4) is 0 Å². The van der Waals surface area contributed by atoms with E-state index in [0.717, 1.165) is 24.6 Å². The van der Waals surface area contributed by atoms with Crippen molar-refractivity contribution in [2.24, 2.45) is 5.41 Å². The summed E-state index contributed by atoms with van der Waals surface area (Å²) in [7, 11) is -3.48. The van der Waals surface area contributed by atoms with Crippen molar-refractivity contribution >= 4 is 21.0 Å². The number of benzene rings is 1. The molecule has 0 atom stereocenters. The first kappa shape index (κ1) is 21.2. The highest BCUT2D eigenvalue weighted by atomic mass is 32.2. The quantitative estimate of drug-likeness (QED) is 0.635. The first-order chi connectivity index (χ1) is 13.5. The lowest BCUT2D eigenvalue weighted by Crippen LogP contribution is -2.18. The van der Waals surface area contributed by atoms with Gasteiger partial charge in [-0.2, -0.15) is 13.2 Å². The standard InChI is InChI=1S/C20H16F5NO2S/c1-29(27,28)15-6-7-18(26-10-15)17-9-19(11-21,12-22)8-16(17)13-2-4-14(5-3-13)20(23,24)25/h2-10H,11-12H2,1H3. The third kappa shape index (κ3) is 4.24. The molecule has 1 aliphatic rings. The maximum absolute atomic E-state index is 13.6. The molecule has 0 fully saturated rings. The molecule has 154 valence electrons. The number of sulfone groups is 1. The lowest BCUT2D eigenvalue weighted by molar-refractivity contribution is -0.137. The van der Waals surface area contributed by atoms with Crippen LogP contribution < -0.4 is 0 Å². The zero-order chi connectivity index (χ0) is 21.4. The number of hydrogen-bond acceptors (Lipinski definition) is 3. The molecule has 1 aromatic heterocycles. The second-order valence-electron chi connectivity index (χ2n) is 6.84. The van der Waals surface area contributed by atoms with Crippen molar-refractivity contribution in [1.82, 2.24) is 4.98 Å². The van der Waals surface area contributed by atoms with E-state index in [1.54, 1.807) is 0 Å². The van der Waals surface area contributed by atoms with Gasteiger partial charge in [0.2, 0.25) is 0 Å². The molecule has 1 aromatic carbocycles. The molecular formula is C20H16F5NO2S. The normalized spacial score (nSPS) is 16.5. The molecule has 0 bridgehead atoms. The van der Waals surface area contributed by atoms with Crippen LogP contribution >= 0.6 is 0 Å². The largest absolute Gasteiger partial charge is 0.416 e. The fourth-order valence-corrected chi connectivity index (χ4v) is 3.57. The van der Waals surface area contributed by atoms with Crippen LogP contribution in [0.5, 0.6) is 0 Å². The smallest absolute Gasteiger partial charge is 0.255 e. The Morgan fingerprint density at radius 3 is 1.97 bits per heavy atom. The maximum Gasteiger partial charge on any atom is 0.416 e. The molecule has 0 amide bonds. The van der Waals surface area contributed by atoms with E-state index >= 15 is 0 Å². The molecule has 0 unspecified atom stereocenters.